The second kappa shape index (κ2) is 10.5. The monoisotopic (exact) mass is 501 g/mol. The van der Waals surface area contributed by atoms with Crippen molar-refractivity contribution in [2.75, 3.05) is 11.9 Å². The largest absolute Gasteiger partial charge is 0.483 e. The second-order valence-electron chi connectivity index (χ2n) is 7.43. The lowest BCUT2D eigenvalue weighted by Crippen LogP contribution is -2.20. The van der Waals surface area contributed by atoms with Gasteiger partial charge in [-0.3, -0.25) is 19.7 Å². The quantitative estimate of drug-likeness (QED) is 0.214. The minimum Gasteiger partial charge on any atom is -0.483 e. The molecular formula is C25H16ClN5O5. The van der Waals surface area contributed by atoms with Gasteiger partial charge >= 0.3 is 0 Å². The minimum absolute atomic E-state index is 0.0448. The molecule has 4 rings (SSSR count). The maximum absolute atomic E-state index is 12.5. The molecule has 0 fully saturated rings. The maximum atomic E-state index is 12.5. The summed E-state index contributed by atoms with van der Waals surface area (Å²) in [4.78, 5) is 42.4. The van der Waals surface area contributed by atoms with Crippen LogP contribution < -0.4 is 15.6 Å². The molecule has 178 valence electrons. The molecule has 0 atom stereocenters. The van der Waals surface area contributed by atoms with Crippen molar-refractivity contribution in [3.05, 3.63) is 104 Å². The van der Waals surface area contributed by atoms with Crippen LogP contribution in [0, 0.1) is 21.4 Å². The number of rotatable bonds is 7. The molecular weight excluding hydrogens is 486 g/mol. The Morgan fingerprint density at radius 2 is 1.97 bits per heavy atom. The summed E-state index contributed by atoms with van der Waals surface area (Å²) in [6.45, 7) is -0.388. The highest BCUT2D eigenvalue weighted by Gasteiger charge is 2.15. The standard InChI is InChI=1S/C25H16ClN5O5/c26-17-6-8-21-20(12-17)25(33)30-24(29-21)16(13-27)10-15-11-19(31(34)35)7-9-22(15)36-14-23(32)28-18-4-2-1-3-5-18/h1-12H,14H2,(H,28,32)(H,29,30,33). The zero-order valence-corrected chi connectivity index (χ0v) is 19.2. The molecule has 4 aromatic rings. The average Bonchev–Trinajstić information content (AvgIpc) is 2.87. The van der Waals surface area contributed by atoms with Crippen molar-refractivity contribution >= 4 is 51.4 Å². The van der Waals surface area contributed by atoms with Crippen LogP contribution in [0.15, 0.2) is 71.5 Å². The molecule has 2 N–H and O–H groups in total. The number of nitriles is 1. The Morgan fingerprint density at radius 3 is 2.69 bits per heavy atom. The molecule has 1 aromatic heterocycles. The summed E-state index contributed by atoms with van der Waals surface area (Å²) in [5.41, 5.74) is 0.192. The predicted octanol–water partition coefficient (Wildman–Crippen LogP) is 4.57. The molecule has 0 saturated carbocycles. The fourth-order valence-corrected chi connectivity index (χ4v) is 3.48. The number of allylic oxidation sites excluding steroid dienone is 1. The molecule has 1 heterocycles. The molecule has 0 aliphatic rings. The Balaban J connectivity index is 1.68. The minimum atomic E-state index is -0.602. The molecule has 11 heteroatoms. The number of aromatic nitrogens is 2. The number of fused-ring (bicyclic) bond motifs is 1. The fraction of sp³-hybridized carbons (Fsp3) is 0.0400. The molecule has 0 aliphatic carbocycles. The van der Waals surface area contributed by atoms with E-state index < -0.39 is 16.4 Å². The molecule has 0 bridgehead atoms. The summed E-state index contributed by atoms with van der Waals surface area (Å²) in [7, 11) is 0. The number of ether oxygens (including phenoxy) is 1. The van der Waals surface area contributed by atoms with Gasteiger partial charge in [0.2, 0.25) is 0 Å². The number of nitrogens with zero attached hydrogens (tertiary/aromatic N) is 3. The third-order valence-electron chi connectivity index (χ3n) is 4.96. The van der Waals surface area contributed by atoms with Gasteiger partial charge in [-0.25, -0.2) is 4.98 Å². The van der Waals surface area contributed by atoms with E-state index >= 15 is 0 Å². The van der Waals surface area contributed by atoms with E-state index in [1.807, 2.05) is 6.07 Å². The smallest absolute Gasteiger partial charge is 0.270 e. The fourth-order valence-electron chi connectivity index (χ4n) is 3.30. The maximum Gasteiger partial charge on any atom is 0.270 e. The predicted molar refractivity (Wildman–Crippen MR) is 135 cm³/mol. The molecule has 0 unspecified atom stereocenters. The number of non-ortho nitro benzene ring substituents is 1. The van der Waals surface area contributed by atoms with Gasteiger partial charge in [0.25, 0.3) is 17.2 Å². The zero-order valence-electron chi connectivity index (χ0n) is 18.4. The van der Waals surface area contributed by atoms with Crippen LogP contribution in [-0.2, 0) is 4.79 Å². The van der Waals surface area contributed by atoms with Crippen LogP contribution in [0.25, 0.3) is 22.6 Å². The Morgan fingerprint density at radius 1 is 1.19 bits per heavy atom. The van der Waals surface area contributed by atoms with Crippen LogP contribution in [0.4, 0.5) is 11.4 Å². The van der Waals surface area contributed by atoms with E-state index in [-0.39, 0.29) is 40.4 Å². The molecule has 1 amide bonds. The van der Waals surface area contributed by atoms with Gasteiger partial charge in [-0.1, -0.05) is 29.8 Å². The summed E-state index contributed by atoms with van der Waals surface area (Å²) in [6.07, 6.45) is 1.29. The summed E-state index contributed by atoms with van der Waals surface area (Å²) in [6, 6.07) is 19.0. The number of aromatic amines is 1. The Hall–Kier alpha value is -5.01. The summed E-state index contributed by atoms with van der Waals surface area (Å²) >= 11 is 5.94. The van der Waals surface area contributed by atoms with E-state index in [0.29, 0.717) is 16.2 Å². The van der Waals surface area contributed by atoms with Crippen molar-refractivity contribution < 1.29 is 14.5 Å². The van der Waals surface area contributed by atoms with Crippen molar-refractivity contribution in [1.29, 1.82) is 5.26 Å². The van der Waals surface area contributed by atoms with Gasteiger partial charge in [-0.2, -0.15) is 5.26 Å². The molecule has 3 aromatic carbocycles. The topological polar surface area (TPSA) is 151 Å². The normalized spacial score (nSPS) is 11.1. The van der Waals surface area contributed by atoms with Crippen molar-refractivity contribution in [1.82, 2.24) is 9.97 Å². The van der Waals surface area contributed by atoms with E-state index in [4.69, 9.17) is 16.3 Å². The Labute approximate surface area is 208 Å². The van der Waals surface area contributed by atoms with Crippen molar-refractivity contribution in [2.45, 2.75) is 0 Å². The number of nitro benzene ring substituents is 1. The number of para-hydroxylation sites is 1. The van der Waals surface area contributed by atoms with E-state index in [1.165, 1.54) is 30.3 Å². The van der Waals surface area contributed by atoms with E-state index in [0.717, 1.165) is 0 Å². The van der Waals surface area contributed by atoms with Crippen LogP contribution in [-0.4, -0.2) is 27.4 Å². The molecule has 0 aliphatic heterocycles. The van der Waals surface area contributed by atoms with Gasteiger partial charge in [0.05, 0.1) is 21.4 Å². The van der Waals surface area contributed by atoms with Gasteiger partial charge in [0.1, 0.15) is 11.8 Å². The van der Waals surface area contributed by atoms with Gasteiger partial charge in [0, 0.05) is 28.4 Å². The first-order valence-electron chi connectivity index (χ1n) is 10.4. The molecule has 0 radical (unpaired) electrons. The number of carbonyl (C=O) groups is 1. The Kier molecular flexibility index (Phi) is 7.04. The number of hydrogen-bond acceptors (Lipinski definition) is 7. The third-order valence-corrected chi connectivity index (χ3v) is 5.20. The summed E-state index contributed by atoms with van der Waals surface area (Å²) < 4.78 is 5.60. The first kappa shape index (κ1) is 24.1. The number of hydrogen-bond donors (Lipinski definition) is 2. The van der Waals surface area contributed by atoms with Crippen molar-refractivity contribution in [2.24, 2.45) is 0 Å². The summed E-state index contributed by atoms with van der Waals surface area (Å²) in [5, 5.41) is 24.3. The number of H-pyrrole nitrogens is 1. The summed E-state index contributed by atoms with van der Waals surface area (Å²) in [5.74, 6) is -0.378. The lowest BCUT2D eigenvalue weighted by Gasteiger charge is -2.10. The number of amides is 1. The molecule has 36 heavy (non-hydrogen) atoms. The van der Waals surface area contributed by atoms with E-state index in [2.05, 4.69) is 15.3 Å². The van der Waals surface area contributed by atoms with Crippen LogP contribution in [0.1, 0.15) is 11.4 Å². The zero-order chi connectivity index (χ0) is 25.7. The van der Waals surface area contributed by atoms with Crippen molar-refractivity contribution in [3.8, 4) is 11.8 Å². The van der Waals surface area contributed by atoms with Gasteiger partial charge < -0.3 is 15.0 Å². The number of nitro groups is 1. The van der Waals surface area contributed by atoms with E-state index in [9.17, 15) is 25.0 Å². The molecule has 10 nitrogen and oxygen atoms in total. The highest BCUT2D eigenvalue weighted by Crippen LogP contribution is 2.28. The number of carbonyl (C=O) groups excluding carboxylic acids is 1. The van der Waals surface area contributed by atoms with Crippen LogP contribution in [0.5, 0.6) is 5.75 Å². The second-order valence-corrected chi connectivity index (χ2v) is 7.86. The number of benzene rings is 3. The van der Waals surface area contributed by atoms with Crippen LogP contribution in [0.3, 0.4) is 0 Å². The number of halogens is 1. The highest BCUT2D eigenvalue weighted by molar-refractivity contribution is 6.31. The molecule has 0 saturated heterocycles. The van der Waals surface area contributed by atoms with Gasteiger partial charge in [0.15, 0.2) is 12.4 Å². The first-order valence-corrected chi connectivity index (χ1v) is 10.8. The SMILES string of the molecule is N#CC(=Cc1cc([N+](=O)[O-])ccc1OCC(=O)Nc1ccccc1)c1nc2ccc(Cl)cc2c(=O)[nH]1. The van der Waals surface area contributed by atoms with Crippen LogP contribution in [0.2, 0.25) is 5.02 Å². The van der Waals surface area contributed by atoms with E-state index in [1.54, 1.807) is 42.5 Å². The third kappa shape index (κ3) is 5.55. The first-order chi connectivity index (χ1) is 17.3. The number of nitrogens with one attached hydrogen (secondary N) is 2. The lowest BCUT2D eigenvalue weighted by molar-refractivity contribution is -0.384. The lowest BCUT2D eigenvalue weighted by atomic mass is 10.1. The van der Waals surface area contributed by atoms with Gasteiger partial charge in [-0.15, -0.1) is 0 Å². The van der Waals surface area contributed by atoms with Crippen LogP contribution >= 0.6 is 11.6 Å². The average molecular weight is 502 g/mol. The highest BCUT2D eigenvalue weighted by atomic mass is 35.5. The molecule has 0 spiro atoms. The number of anilines is 1. The Bertz CT molecular complexity index is 1610. The van der Waals surface area contributed by atoms with Gasteiger partial charge in [-0.05, 0) is 42.5 Å². The van der Waals surface area contributed by atoms with Crippen molar-refractivity contribution in [3.63, 3.8) is 0 Å².